The summed E-state index contributed by atoms with van der Waals surface area (Å²) in [5, 5.41) is 5.48. The molecule has 4 N–H and O–H groups in total. The third kappa shape index (κ3) is 3.21. The van der Waals surface area contributed by atoms with Gasteiger partial charge in [0.2, 0.25) is 11.8 Å². The lowest BCUT2D eigenvalue weighted by Gasteiger charge is -2.32. The maximum atomic E-state index is 12.8. The number of carbonyl (C=O) groups excluding carboxylic acids is 4. The van der Waals surface area contributed by atoms with Gasteiger partial charge in [-0.25, -0.2) is 0 Å². The first-order valence-corrected chi connectivity index (χ1v) is 9.29. The van der Waals surface area contributed by atoms with Crippen molar-refractivity contribution in [3.05, 3.63) is 29.3 Å². The van der Waals surface area contributed by atoms with Gasteiger partial charge < -0.3 is 11.1 Å². The van der Waals surface area contributed by atoms with Crippen LogP contribution in [0.1, 0.15) is 52.8 Å². The van der Waals surface area contributed by atoms with Crippen LogP contribution in [-0.4, -0.2) is 47.2 Å². The Kier molecular flexibility index (Phi) is 4.43. The maximum Gasteiger partial charge on any atom is 0.262 e. The second-order valence-corrected chi connectivity index (χ2v) is 7.52. The van der Waals surface area contributed by atoms with E-state index in [9.17, 15) is 19.2 Å². The van der Waals surface area contributed by atoms with Crippen molar-refractivity contribution in [2.24, 2.45) is 11.7 Å². The van der Waals surface area contributed by atoms with E-state index >= 15 is 0 Å². The van der Waals surface area contributed by atoms with E-state index in [0.29, 0.717) is 23.1 Å². The summed E-state index contributed by atoms with van der Waals surface area (Å²) in [6, 6.07) is 4.44. The quantitative estimate of drug-likeness (QED) is 0.654. The Balaban J connectivity index is 1.45. The number of imide groups is 2. The number of hydrogen-bond donors (Lipinski definition) is 3. The third-order valence-corrected chi connectivity index (χ3v) is 5.59. The molecule has 27 heavy (non-hydrogen) atoms. The first kappa shape index (κ1) is 17.7. The molecule has 1 saturated heterocycles. The fourth-order valence-electron chi connectivity index (χ4n) is 4.02. The first-order valence-electron chi connectivity index (χ1n) is 9.29. The molecule has 1 aromatic rings. The molecule has 1 saturated carbocycles. The van der Waals surface area contributed by atoms with E-state index < -0.39 is 23.8 Å². The summed E-state index contributed by atoms with van der Waals surface area (Å²) in [4.78, 5) is 49.7. The van der Waals surface area contributed by atoms with Gasteiger partial charge in [0.1, 0.15) is 6.04 Å². The van der Waals surface area contributed by atoms with E-state index in [0.717, 1.165) is 36.4 Å². The zero-order valence-electron chi connectivity index (χ0n) is 14.9. The van der Waals surface area contributed by atoms with Crippen molar-refractivity contribution in [1.29, 1.82) is 0 Å². The molecule has 0 spiro atoms. The molecule has 1 unspecified atom stereocenters. The molecule has 8 heteroatoms. The van der Waals surface area contributed by atoms with Crippen molar-refractivity contribution in [2.45, 2.75) is 44.2 Å². The molecular formula is C19H22N4O4. The summed E-state index contributed by atoms with van der Waals surface area (Å²) >= 11 is 0. The Morgan fingerprint density at radius 1 is 1.11 bits per heavy atom. The SMILES string of the molecule is NC1CC(CCNc2ccc3c(c2)C(=O)N(C2CCC(=O)NC2=O)C3=O)C1. The van der Waals surface area contributed by atoms with Gasteiger partial charge in [-0.1, -0.05) is 0 Å². The zero-order chi connectivity index (χ0) is 19.1. The molecule has 1 atom stereocenters. The van der Waals surface area contributed by atoms with Gasteiger partial charge in [-0.05, 0) is 49.8 Å². The highest BCUT2D eigenvalue weighted by molar-refractivity contribution is 6.23. The van der Waals surface area contributed by atoms with Crippen LogP contribution in [0.3, 0.4) is 0 Å². The van der Waals surface area contributed by atoms with Gasteiger partial charge in [0, 0.05) is 24.7 Å². The predicted molar refractivity (Wildman–Crippen MR) is 96.9 cm³/mol. The molecule has 1 aromatic carbocycles. The summed E-state index contributed by atoms with van der Waals surface area (Å²) in [7, 11) is 0. The predicted octanol–water partition coefficient (Wildman–Crippen LogP) is 0.627. The topological polar surface area (TPSA) is 122 Å². The van der Waals surface area contributed by atoms with E-state index in [2.05, 4.69) is 10.6 Å². The monoisotopic (exact) mass is 370 g/mol. The number of nitrogens with zero attached hydrogens (tertiary/aromatic N) is 1. The molecule has 142 valence electrons. The van der Waals surface area contributed by atoms with Crippen LogP contribution in [0, 0.1) is 5.92 Å². The molecule has 2 fully saturated rings. The van der Waals surface area contributed by atoms with Crippen molar-refractivity contribution in [1.82, 2.24) is 10.2 Å². The Hall–Kier alpha value is -2.74. The number of rotatable bonds is 5. The minimum absolute atomic E-state index is 0.113. The van der Waals surface area contributed by atoms with Crippen molar-refractivity contribution in [2.75, 3.05) is 11.9 Å². The average Bonchev–Trinajstić information content (AvgIpc) is 2.85. The van der Waals surface area contributed by atoms with Crippen LogP contribution in [-0.2, 0) is 9.59 Å². The van der Waals surface area contributed by atoms with Crippen LogP contribution in [0.5, 0.6) is 0 Å². The van der Waals surface area contributed by atoms with Gasteiger partial charge >= 0.3 is 0 Å². The molecule has 3 aliphatic rings. The Morgan fingerprint density at radius 3 is 2.56 bits per heavy atom. The van der Waals surface area contributed by atoms with Crippen LogP contribution in [0.2, 0.25) is 0 Å². The van der Waals surface area contributed by atoms with Crippen molar-refractivity contribution in [3.8, 4) is 0 Å². The van der Waals surface area contributed by atoms with Gasteiger partial charge in [0.15, 0.2) is 0 Å². The Morgan fingerprint density at radius 2 is 1.85 bits per heavy atom. The Bertz CT molecular complexity index is 831. The lowest BCUT2D eigenvalue weighted by Crippen LogP contribution is -2.54. The van der Waals surface area contributed by atoms with Gasteiger partial charge in [-0.3, -0.25) is 29.4 Å². The number of nitrogens with two attached hydrogens (primary N) is 1. The minimum Gasteiger partial charge on any atom is -0.385 e. The molecule has 0 bridgehead atoms. The molecule has 8 nitrogen and oxygen atoms in total. The summed E-state index contributed by atoms with van der Waals surface area (Å²) in [5.74, 6) is -1.31. The van der Waals surface area contributed by atoms with Crippen molar-refractivity contribution >= 4 is 29.3 Å². The molecule has 4 amide bonds. The normalized spacial score (nSPS) is 27.3. The molecular weight excluding hydrogens is 348 g/mol. The summed E-state index contributed by atoms with van der Waals surface area (Å²) in [5.41, 5.74) is 7.14. The maximum absolute atomic E-state index is 12.8. The lowest BCUT2D eigenvalue weighted by atomic mass is 9.79. The molecule has 0 radical (unpaired) electrons. The number of benzene rings is 1. The number of anilines is 1. The number of hydrogen-bond acceptors (Lipinski definition) is 6. The third-order valence-electron chi connectivity index (χ3n) is 5.59. The van der Waals surface area contributed by atoms with Gasteiger partial charge in [-0.15, -0.1) is 0 Å². The van der Waals surface area contributed by atoms with Crippen LogP contribution >= 0.6 is 0 Å². The van der Waals surface area contributed by atoms with Crippen molar-refractivity contribution < 1.29 is 19.2 Å². The van der Waals surface area contributed by atoms with Gasteiger partial charge in [0.25, 0.3) is 11.8 Å². The molecule has 2 aliphatic heterocycles. The van der Waals surface area contributed by atoms with E-state index in [-0.39, 0.29) is 18.7 Å². The number of amides is 4. The fourth-order valence-corrected chi connectivity index (χ4v) is 4.02. The summed E-state index contributed by atoms with van der Waals surface area (Å²) in [6.45, 7) is 0.773. The fraction of sp³-hybridized carbons (Fsp3) is 0.474. The van der Waals surface area contributed by atoms with E-state index in [1.54, 1.807) is 18.2 Å². The second kappa shape index (κ2) is 6.77. The minimum atomic E-state index is -0.936. The molecule has 2 heterocycles. The smallest absolute Gasteiger partial charge is 0.262 e. The van der Waals surface area contributed by atoms with Crippen LogP contribution < -0.4 is 16.4 Å². The van der Waals surface area contributed by atoms with Crippen LogP contribution in [0.15, 0.2) is 18.2 Å². The first-order chi connectivity index (χ1) is 12.9. The van der Waals surface area contributed by atoms with E-state index in [4.69, 9.17) is 5.73 Å². The van der Waals surface area contributed by atoms with Gasteiger partial charge in [-0.2, -0.15) is 0 Å². The van der Waals surface area contributed by atoms with Crippen LogP contribution in [0.4, 0.5) is 5.69 Å². The second-order valence-electron chi connectivity index (χ2n) is 7.52. The number of fused-ring (bicyclic) bond motifs is 1. The Labute approximate surface area is 156 Å². The molecule has 4 rings (SSSR count). The molecule has 0 aromatic heterocycles. The van der Waals surface area contributed by atoms with E-state index in [1.807, 2.05) is 0 Å². The highest BCUT2D eigenvalue weighted by atomic mass is 16.2. The summed E-state index contributed by atoms with van der Waals surface area (Å²) in [6.07, 6.45) is 3.39. The van der Waals surface area contributed by atoms with E-state index in [1.165, 1.54) is 0 Å². The van der Waals surface area contributed by atoms with Gasteiger partial charge in [0.05, 0.1) is 11.1 Å². The average molecular weight is 370 g/mol. The number of carbonyl (C=O) groups is 4. The number of nitrogens with one attached hydrogen (secondary N) is 2. The largest absolute Gasteiger partial charge is 0.385 e. The summed E-state index contributed by atoms with van der Waals surface area (Å²) < 4.78 is 0. The standard InChI is InChI=1S/C19H22N4O4/c20-11-7-10(8-11)5-6-21-12-1-2-13-14(9-12)19(27)23(18(13)26)15-3-4-16(24)22-17(15)25/h1-2,9-11,15,21H,3-8,20H2,(H,22,24,25). The highest BCUT2D eigenvalue weighted by Gasteiger charge is 2.44. The molecule has 1 aliphatic carbocycles. The zero-order valence-corrected chi connectivity index (χ0v) is 14.9. The van der Waals surface area contributed by atoms with Crippen molar-refractivity contribution in [3.63, 3.8) is 0 Å². The number of piperidine rings is 1. The van der Waals surface area contributed by atoms with Crippen LogP contribution in [0.25, 0.3) is 0 Å². The lowest BCUT2D eigenvalue weighted by molar-refractivity contribution is -0.136. The highest BCUT2D eigenvalue weighted by Crippen LogP contribution is 2.31.